The molecule has 0 saturated heterocycles. The Morgan fingerprint density at radius 3 is 2.83 bits per heavy atom. The molecule has 1 aliphatic rings. The van der Waals surface area contributed by atoms with E-state index in [4.69, 9.17) is 4.74 Å². The van der Waals surface area contributed by atoms with Crippen molar-refractivity contribution >= 4 is 15.9 Å². The van der Waals surface area contributed by atoms with Crippen LogP contribution in [0.2, 0.25) is 0 Å². The van der Waals surface area contributed by atoms with Crippen molar-refractivity contribution in [1.82, 2.24) is 5.32 Å². The number of halogens is 1. The van der Waals surface area contributed by atoms with Crippen molar-refractivity contribution in [2.24, 2.45) is 11.8 Å². The number of ether oxygens (including phenoxy) is 1. The molecule has 0 amide bonds. The highest BCUT2D eigenvalue weighted by atomic mass is 79.9. The lowest BCUT2D eigenvalue weighted by molar-refractivity contribution is 0.414. The van der Waals surface area contributed by atoms with Gasteiger partial charge in [0.2, 0.25) is 0 Å². The predicted octanol–water partition coefficient (Wildman–Crippen LogP) is 3.81. The molecule has 0 spiro atoms. The summed E-state index contributed by atoms with van der Waals surface area (Å²) in [6.45, 7) is 6.75. The van der Waals surface area contributed by atoms with E-state index < -0.39 is 0 Å². The zero-order valence-electron chi connectivity index (χ0n) is 11.4. The predicted molar refractivity (Wildman–Crippen MR) is 79.2 cm³/mol. The molecule has 1 aromatic carbocycles. The van der Waals surface area contributed by atoms with E-state index in [1.807, 2.05) is 0 Å². The molecule has 100 valence electrons. The van der Waals surface area contributed by atoms with Crippen LogP contribution in [0.5, 0.6) is 5.75 Å². The van der Waals surface area contributed by atoms with E-state index in [0.717, 1.165) is 30.7 Å². The first-order valence-corrected chi connectivity index (χ1v) is 7.45. The maximum Gasteiger partial charge on any atom is 0.120 e. The molecule has 1 fully saturated rings. The van der Waals surface area contributed by atoms with Gasteiger partial charge in [0, 0.05) is 4.47 Å². The molecule has 1 saturated carbocycles. The number of rotatable bonds is 6. The Morgan fingerprint density at radius 2 is 2.22 bits per heavy atom. The highest BCUT2D eigenvalue weighted by molar-refractivity contribution is 9.10. The van der Waals surface area contributed by atoms with Crippen LogP contribution in [0.4, 0.5) is 0 Å². The lowest BCUT2D eigenvalue weighted by atomic mass is 10.1. The van der Waals surface area contributed by atoms with Gasteiger partial charge in [0.05, 0.1) is 7.11 Å². The highest BCUT2D eigenvalue weighted by Crippen LogP contribution is 2.49. The average molecular weight is 312 g/mol. The van der Waals surface area contributed by atoms with Crippen molar-refractivity contribution in [3.05, 3.63) is 28.2 Å². The summed E-state index contributed by atoms with van der Waals surface area (Å²) in [6.07, 6.45) is 1.30. The Bertz CT molecular complexity index is 405. The molecule has 0 bridgehead atoms. The SMILES string of the molecule is COc1ccc(C2CC2CNCC(C)C)c(Br)c1. The molecule has 2 unspecified atom stereocenters. The minimum absolute atomic E-state index is 0.713. The van der Waals surface area contributed by atoms with Gasteiger partial charge in [0.1, 0.15) is 5.75 Å². The molecule has 2 rings (SSSR count). The summed E-state index contributed by atoms with van der Waals surface area (Å²) >= 11 is 3.65. The van der Waals surface area contributed by atoms with Gasteiger partial charge in [0.25, 0.3) is 0 Å². The van der Waals surface area contributed by atoms with Gasteiger partial charge in [-0.05, 0) is 55.0 Å². The molecule has 0 heterocycles. The number of methoxy groups -OCH3 is 1. The smallest absolute Gasteiger partial charge is 0.120 e. The maximum absolute atomic E-state index is 5.23. The van der Waals surface area contributed by atoms with E-state index >= 15 is 0 Å². The van der Waals surface area contributed by atoms with Crippen LogP contribution in [0.3, 0.4) is 0 Å². The number of hydrogen-bond donors (Lipinski definition) is 1. The topological polar surface area (TPSA) is 21.3 Å². The van der Waals surface area contributed by atoms with Gasteiger partial charge in [-0.2, -0.15) is 0 Å². The quantitative estimate of drug-likeness (QED) is 0.862. The number of hydrogen-bond acceptors (Lipinski definition) is 2. The molecular formula is C15H22BrNO. The Labute approximate surface area is 118 Å². The van der Waals surface area contributed by atoms with Crippen LogP contribution < -0.4 is 10.1 Å². The zero-order chi connectivity index (χ0) is 13.1. The van der Waals surface area contributed by atoms with Crippen molar-refractivity contribution < 1.29 is 4.74 Å². The summed E-state index contributed by atoms with van der Waals surface area (Å²) in [6, 6.07) is 6.30. The van der Waals surface area contributed by atoms with Gasteiger partial charge in [-0.25, -0.2) is 0 Å². The maximum atomic E-state index is 5.23. The van der Waals surface area contributed by atoms with Gasteiger partial charge in [0.15, 0.2) is 0 Å². The monoisotopic (exact) mass is 311 g/mol. The van der Waals surface area contributed by atoms with E-state index in [2.05, 4.69) is 53.3 Å². The van der Waals surface area contributed by atoms with Crippen LogP contribution in [-0.4, -0.2) is 20.2 Å². The van der Waals surface area contributed by atoms with Gasteiger partial charge in [-0.15, -0.1) is 0 Å². The second-order valence-corrected chi connectivity index (χ2v) is 6.40. The van der Waals surface area contributed by atoms with Gasteiger partial charge in [-0.3, -0.25) is 0 Å². The fourth-order valence-electron chi connectivity index (χ4n) is 2.35. The van der Waals surface area contributed by atoms with Gasteiger partial charge < -0.3 is 10.1 Å². The fraction of sp³-hybridized carbons (Fsp3) is 0.600. The molecule has 18 heavy (non-hydrogen) atoms. The van der Waals surface area contributed by atoms with Crippen LogP contribution in [-0.2, 0) is 0 Å². The summed E-state index contributed by atoms with van der Waals surface area (Å²) in [4.78, 5) is 0. The van der Waals surface area contributed by atoms with E-state index in [9.17, 15) is 0 Å². The van der Waals surface area contributed by atoms with Gasteiger partial charge >= 0.3 is 0 Å². The molecule has 0 radical (unpaired) electrons. The van der Waals surface area contributed by atoms with Crippen molar-refractivity contribution in [2.45, 2.75) is 26.2 Å². The lowest BCUT2D eigenvalue weighted by Gasteiger charge is -2.08. The van der Waals surface area contributed by atoms with Crippen LogP contribution in [0.25, 0.3) is 0 Å². The van der Waals surface area contributed by atoms with Crippen molar-refractivity contribution in [3.63, 3.8) is 0 Å². The summed E-state index contributed by atoms with van der Waals surface area (Å²) in [7, 11) is 1.71. The zero-order valence-corrected chi connectivity index (χ0v) is 13.0. The Balaban J connectivity index is 1.87. The highest BCUT2D eigenvalue weighted by Gasteiger charge is 2.38. The number of benzene rings is 1. The molecule has 1 N–H and O–H groups in total. The molecule has 0 aliphatic heterocycles. The van der Waals surface area contributed by atoms with Crippen molar-refractivity contribution in [1.29, 1.82) is 0 Å². The standard InChI is InChI=1S/C15H22BrNO/c1-10(2)8-17-9-11-6-14(11)13-5-4-12(18-3)7-15(13)16/h4-5,7,10-11,14,17H,6,8-9H2,1-3H3. The van der Waals surface area contributed by atoms with E-state index in [-0.39, 0.29) is 0 Å². The average Bonchev–Trinajstić information content (AvgIpc) is 3.07. The van der Waals surface area contributed by atoms with Gasteiger partial charge in [-0.1, -0.05) is 35.8 Å². The summed E-state index contributed by atoms with van der Waals surface area (Å²) in [5.74, 6) is 3.16. The largest absolute Gasteiger partial charge is 0.497 e. The Morgan fingerprint density at radius 1 is 1.44 bits per heavy atom. The summed E-state index contributed by atoms with van der Waals surface area (Å²) < 4.78 is 6.40. The molecular weight excluding hydrogens is 290 g/mol. The summed E-state index contributed by atoms with van der Waals surface area (Å²) in [5, 5.41) is 3.55. The molecule has 2 atom stereocenters. The molecule has 2 nitrogen and oxygen atoms in total. The van der Waals surface area contributed by atoms with Crippen molar-refractivity contribution in [3.8, 4) is 5.75 Å². The van der Waals surface area contributed by atoms with E-state index in [0.29, 0.717) is 5.92 Å². The minimum Gasteiger partial charge on any atom is -0.497 e. The second kappa shape index (κ2) is 6.07. The van der Waals surface area contributed by atoms with Crippen LogP contribution in [0.1, 0.15) is 31.7 Å². The third-order valence-electron chi connectivity index (χ3n) is 3.49. The minimum atomic E-state index is 0.713. The summed E-state index contributed by atoms with van der Waals surface area (Å²) in [5.41, 5.74) is 1.42. The first kappa shape index (κ1) is 13.9. The molecule has 3 heteroatoms. The number of nitrogens with one attached hydrogen (secondary N) is 1. The third-order valence-corrected chi connectivity index (χ3v) is 4.18. The molecule has 0 aromatic heterocycles. The van der Waals surface area contributed by atoms with Crippen LogP contribution in [0.15, 0.2) is 22.7 Å². The Kier molecular flexibility index (Phi) is 4.68. The van der Waals surface area contributed by atoms with Crippen LogP contribution in [0, 0.1) is 11.8 Å². The lowest BCUT2D eigenvalue weighted by Crippen LogP contribution is -2.22. The first-order valence-electron chi connectivity index (χ1n) is 6.66. The second-order valence-electron chi connectivity index (χ2n) is 5.54. The third kappa shape index (κ3) is 3.48. The Hall–Kier alpha value is -0.540. The van der Waals surface area contributed by atoms with E-state index in [1.54, 1.807) is 7.11 Å². The van der Waals surface area contributed by atoms with Crippen LogP contribution >= 0.6 is 15.9 Å². The molecule has 1 aromatic rings. The molecule has 1 aliphatic carbocycles. The van der Waals surface area contributed by atoms with Crippen molar-refractivity contribution in [2.75, 3.05) is 20.2 Å². The van der Waals surface area contributed by atoms with E-state index in [1.165, 1.54) is 16.5 Å². The fourth-order valence-corrected chi connectivity index (χ4v) is 3.00. The first-order chi connectivity index (χ1) is 8.61. The normalized spacial score (nSPS) is 22.3.